The van der Waals surface area contributed by atoms with Gasteiger partial charge in [0, 0.05) is 11.6 Å². The Labute approximate surface area is 87.0 Å². The summed E-state index contributed by atoms with van der Waals surface area (Å²) in [6.45, 7) is 3.93. The largest absolute Gasteiger partial charge is 0.360 e. The van der Waals surface area contributed by atoms with Gasteiger partial charge in [-0.15, -0.1) is 11.3 Å². The van der Waals surface area contributed by atoms with Crippen LogP contribution in [0.5, 0.6) is 0 Å². The summed E-state index contributed by atoms with van der Waals surface area (Å²) in [5.41, 5.74) is 7.61. The molecule has 2 rings (SSSR count). The van der Waals surface area contributed by atoms with Crippen LogP contribution in [0.25, 0.3) is 11.4 Å². The van der Waals surface area contributed by atoms with Crippen molar-refractivity contribution >= 4 is 11.3 Å². The van der Waals surface area contributed by atoms with E-state index in [1.807, 2.05) is 37.6 Å². The minimum absolute atomic E-state index is 0.352. The zero-order valence-corrected chi connectivity index (χ0v) is 9.06. The Morgan fingerprint density at radius 1 is 1.50 bits per heavy atom. The molecule has 0 atom stereocenters. The second kappa shape index (κ2) is 3.22. The molecule has 14 heavy (non-hydrogen) atoms. The quantitative estimate of drug-likeness (QED) is 0.794. The standard InChI is InChI=1S/C10H13N3S/c1-10(2,11)9-13-8(6-14-9)7-4-3-5-12-7/h3-6,12H,11H2,1-2H3. The van der Waals surface area contributed by atoms with Gasteiger partial charge in [0.05, 0.1) is 16.9 Å². The predicted octanol–water partition coefficient (Wildman–Crippen LogP) is 2.33. The molecule has 0 amide bonds. The Kier molecular flexibility index (Phi) is 2.17. The number of aromatic amines is 1. The lowest BCUT2D eigenvalue weighted by molar-refractivity contribution is 0.551. The lowest BCUT2D eigenvalue weighted by atomic mass is 10.1. The summed E-state index contributed by atoms with van der Waals surface area (Å²) in [5, 5.41) is 2.98. The van der Waals surface area contributed by atoms with Gasteiger partial charge in [-0.2, -0.15) is 0 Å². The highest BCUT2D eigenvalue weighted by molar-refractivity contribution is 7.10. The molecule has 0 radical (unpaired) electrons. The van der Waals surface area contributed by atoms with Crippen LogP contribution in [0.2, 0.25) is 0 Å². The normalized spacial score (nSPS) is 11.9. The number of hydrogen-bond acceptors (Lipinski definition) is 3. The van der Waals surface area contributed by atoms with Crippen LogP contribution in [0.15, 0.2) is 23.7 Å². The first-order valence-electron chi connectivity index (χ1n) is 4.46. The number of H-pyrrole nitrogens is 1. The van der Waals surface area contributed by atoms with Gasteiger partial charge in [-0.25, -0.2) is 4.98 Å². The van der Waals surface area contributed by atoms with Gasteiger partial charge in [-0.05, 0) is 26.0 Å². The average molecular weight is 207 g/mol. The van der Waals surface area contributed by atoms with E-state index < -0.39 is 0 Å². The number of thiazole rings is 1. The zero-order chi connectivity index (χ0) is 10.2. The van der Waals surface area contributed by atoms with Crippen LogP contribution in [0.3, 0.4) is 0 Å². The van der Waals surface area contributed by atoms with Gasteiger partial charge < -0.3 is 10.7 Å². The molecule has 0 saturated carbocycles. The third kappa shape index (κ3) is 1.71. The Bertz CT molecular complexity index is 409. The fraction of sp³-hybridized carbons (Fsp3) is 0.300. The summed E-state index contributed by atoms with van der Waals surface area (Å²) in [6.07, 6.45) is 1.89. The molecule has 2 aromatic rings. The molecule has 3 N–H and O–H groups in total. The predicted molar refractivity (Wildman–Crippen MR) is 59.1 cm³/mol. The summed E-state index contributed by atoms with van der Waals surface area (Å²) >= 11 is 1.60. The summed E-state index contributed by atoms with van der Waals surface area (Å²) in [5.74, 6) is 0. The molecule has 2 heterocycles. The van der Waals surface area contributed by atoms with Crippen molar-refractivity contribution in [1.82, 2.24) is 9.97 Å². The van der Waals surface area contributed by atoms with E-state index >= 15 is 0 Å². The van der Waals surface area contributed by atoms with Gasteiger partial charge in [0.1, 0.15) is 5.01 Å². The van der Waals surface area contributed by atoms with Gasteiger partial charge in [-0.3, -0.25) is 0 Å². The molecule has 74 valence electrons. The van der Waals surface area contributed by atoms with Crippen molar-refractivity contribution in [3.63, 3.8) is 0 Å². The number of rotatable bonds is 2. The maximum Gasteiger partial charge on any atom is 0.113 e. The van der Waals surface area contributed by atoms with Crippen molar-refractivity contribution in [2.24, 2.45) is 5.73 Å². The molecule has 0 fully saturated rings. The third-order valence-electron chi connectivity index (χ3n) is 1.93. The second-order valence-electron chi connectivity index (χ2n) is 3.84. The molecular weight excluding hydrogens is 194 g/mol. The Morgan fingerprint density at radius 2 is 2.29 bits per heavy atom. The number of nitrogens with one attached hydrogen (secondary N) is 1. The van der Waals surface area contributed by atoms with Gasteiger partial charge in [-0.1, -0.05) is 0 Å². The first-order chi connectivity index (χ1) is 6.57. The fourth-order valence-corrected chi connectivity index (χ4v) is 2.04. The van der Waals surface area contributed by atoms with E-state index in [9.17, 15) is 0 Å². The van der Waals surface area contributed by atoms with Crippen LogP contribution in [-0.2, 0) is 5.54 Å². The molecule has 0 aliphatic rings. The van der Waals surface area contributed by atoms with E-state index in [0.717, 1.165) is 16.4 Å². The Morgan fingerprint density at radius 3 is 2.79 bits per heavy atom. The third-order valence-corrected chi connectivity index (χ3v) is 3.11. The number of aromatic nitrogens is 2. The van der Waals surface area contributed by atoms with Crippen LogP contribution in [-0.4, -0.2) is 9.97 Å². The lowest BCUT2D eigenvalue weighted by Gasteiger charge is -2.13. The van der Waals surface area contributed by atoms with Gasteiger partial charge in [0.15, 0.2) is 0 Å². The van der Waals surface area contributed by atoms with Crippen LogP contribution in [0.1, 0.15) is 18.9 Å². The molecule has 0 spiro atoms. The molecule has 3 nitrogen and oxygen atoms in total. The molecule has 0 aliphatic heterocycles. The fourth-order valence-electron chi connectivity index (χ4n) is 1.18. The van der Waals surface area contributed by atoms with E-state index in [0.29, 0.717) is 0 Å². The van der Waals surface area contributed by atoms with E-state index in [2.05, 4.69) is 9.97 Å². The van der Waals surface area contributed by atoms with Gasteiger partial charge in [0.25, 0.3) is 0 Å². The summed E-state index contributed by atoms with van der Waals surface area (Å²) < 4.78 is 0. The molecule has 0 aromatic carbocycles. The highest BCUT2D eigenvalue weighted by Gasteiger charge is 2.18. The first-order valence-corrected chi connectivity index (χ1v) is 5.34. The van der Waals surface area contributed by atoms with Gasteiger partial charge in [0.2, 0.25) is 0 Å². The summed E-state index contributed by atoms with van der Waals surface area (Å²) in [4.78, 5) is 7.61. The molecule has 2 aromatic heterocycles. The number of nitrogens with two attached hydrogens (primary N) is 1. The maximum atomic E-state index is 5.96. The smallest absolute Gasteiger partial charge is 0.113 e. The molecule has 4 heteroatoms. The molecule has 0 unspecified atom stereocenters. The SMILES string of the molecule is CC(C)(N)c1nc(-c2ccc[nH]2)cs1. The van der Waals surface area contributed by atoms with E-state index in [1.165, 1.54) is 0 Å². The Hall–Kier alpha value is -1.13. The number of nitrogens with zero attached hydrogens (tertiary/aromatic N) is 1. The van der Waals surface area contributed by atoms with Crippen LogP contribution in [0.4, 0.5) is 0 Å². The van der Waals surface area contributed by atoms with Crippen LogP contribution < -0.4 is 5.73 Å². The van der Waals surface area contributed by atoms with Crippen molar-refractivity contribution in [2.75, 3.05) is 0 Å². The van der Waals surface area contributed by atoms with Crippen LogP contribution in [0, 0.1) is 0 Å². The van der Waals surface area contributed by atoms with E-state index in [4.69, 9.17) is 5.73 Å². The second-order valence-corrected chi connectivity index (χ2v) is 4.70. The average Bonchev–Trinajstić information content (AvgIpc) is 2.73. The van der Waals surface area contributed by atoms with Gasteiger partial charge >= 0.3 is 0 Å². The monoisotopic (exact) mass is 207 g/mol. The molecule has 0 aliphatic carbocycles. The summed E-state index contributed by atoms with van der Waals surface area (Å²) in [7, 11) is 0. The zero-order valence-electron chi connectivity index (χ0n) is 8.24. The van der Waals surface area contributed by atoms with Crippen molar-refractivity contribution in [3.05, 3.63) is 28.7 Å². The minimum atomic E-state index is -0.352. The van der Waals surface area contributed by atoms with Crippen molar-refractivity contribution in [3.8, 4) is 11.4 Å². The minimum Gasteiger partial charge on any atom is -0.360 e. The Balaban J connectivity index is 2.36. The highest BCUT2D eigenvalue weighted by Crippen LogP contribution is 2.25. The van der Waals surface area contributed by atoms with Crippen molar-refractivity contribution < 1.29 is 0 Å². The molecule has 0 bridgehead atoms. The highest BCUT2D eigenvalue weighted by atomic mass is 32.1. The molecule has 0 saturated heterocycles. The summed E-state index contributed by atoms with van der Waals surface area (Å²) in [6, 6.07) is 3.96. The van der Waals surface area contributed by atoms with E-state index in [1.54, 1.807) is 11.3 Å². The first kappa shape index (κ1) is 9.43. The topological polar surface area (TPSA) is 54.7 Å². The maximum absolute atomic E-state index is 5.96. The number of hydrogen-bond donors (Lipinski definition) is 2. The van der Waals surface area contributed by atoms with Crippen LogP contribution >= 0.6 is 11.3 Å². The lowest BCUT2D eigenvalue weighted by Crippen LogP contribution is -2.28. The van der Waals surface area contributed by atoms with E-state index in [-0.39, 0.29) is 5.54 Å². The van der Waals surface area contributed by atoms with Crippen molar-refractivity contribution in [2.45, 2.75) is 19.4 Å². The van der Waals surface area contributed by atoms with Crippen molar-refractivity contribution in [1.29, 1.82) is 0 Å². The molecular formula is C10H13N3S.